The number of nitrogens with two attached hydrogens (primary N) is 1. The van der Waals surface area contributed by atoms with E-state index in [-0.39, 0.29) is 6.61 Å². The zero-order chi connectivity index (χ0) is 7.56. The van der Waals surface area contributed by atoms with Gasteiger partial charge >= 0.3 is 0 Å². The van der Waals surface area contributed by atoms with Gasteiger partial charge < -0.3 is 10.8 Å². The molecular weight excluding hydrogens is 126 g/mol. The van der Waals surface area contributed by atoms with Crippen molar-refractivity contribution in [3.8, 4) is 0 Å². The highest BCUT2D eigenvalue weighted by molar-refractivity contribution is 5.27. The van der Waals surface area contributed by atoms with Gasteiger partial charge in [-0.3, -0.25) is 0 Å². The third kappa shape index (κ3) is 1.61. The first kappa shape index (κ1) is 7.35. The fourth-order valence-corrected chi connectivity index (χ4v) is 1.24. The summed E-state index contributed by atoms with van der Waals surface area (Å²) in [5, 5.41) is 8.76. The van der Waals surface area contributed by atoms with Crippen LogP contribution in [0.4, 0.5) is 0 Å². The third-order valence-corrected chi connectivity index (χ3v) is 1.61. The first-order valence-electron chi connectivity index (χ1n) is 3.50. The van der Waals surface area contributed by atoms with E-state index in [2.05, 4.69) is 13.0 Å². The average Bonchev–Trinajstić information content (AvgIpc) is 1.85. The lowest BCUT2D eigenvalue weighted by Gasteiger charge is -2.14. The molecule has 0 saturated carbocycles. The molecular formula is C8H13NO. The maximum atomic E-state index is 8.76. The van der Waals surface area contributed by atoms with Gasteiger partial charge in [-0.1, -0.05) is 13.0 Å². The van der Waals surface area contributed by atoms with E-state index in [0.717, 1.165) is 17.7 Å². The Labute approximate surface area is 61.0 Å². The van der Waals surface area contributed by atoms with Crippen LogP contribution in [0.3, 0.4) is 0 Å². The predicted molar refractivity (Wildman–Crippen MR) is 41.2 cm³/mol. The van der Waals surface area contributed by atoms with Crippen LogP contribution in [0, 0.1) is 5.92 Å². The van der Waals surface area contributed by atoms with E-state index in [1.165, 1.54) is 0 Å². The summed E-state index contributed by atoms with van der Waals surface area (Å²) >= 11 is 0. The number of aliphatic hydroxyl groups excluding tert-OH is 1. The molecule has 2 heteroatoms. The second-order valence-corrected chi connectivity index (χ2v) is 2.80. The van der Waals surface area contributed by atoms with Gasteiger partial charge in [-0.25, -0.2) is 0 Å². The molecule has 1 atom stereocenters. The number of allylic oxidation sites excluding steroid dienone is 2. The van der Waals surface area contributed by atoms with Gasteiger partial charge in [0.15, 0.2) is 0 Å². The van der Waals surface area contributed by atoms with E-state index in [1.807, 2.05) is 6.08 Å². The highest BCUT2D eigenvalue weighted by Gasteiger charge is 2.07. The van der Waals surface area contributed by atoms with Crippen LogP contribution in [0.2, 0.25) is 0 Å². The molecule has 1 aliphatic carbocycles. The van der Waals surface area contributed by atoms with Crippen LogP contribution in [0.15, 0.2) is 23.4 Å². The molecule has 1 aliphatic rings. The van der Waals surface area contributed by atoms with Crippen LogP contribution in [-0.4, -0.2) is 11.7 Å². The molecule has 0 spiro atoms. The van der Waals surface area contributed by atoms with Gasteiger partial charge in [0.05, 0.1) is 6.61 Å². The van der Waals surface area contributed by atoms with Gasteiger partial charge in [-0.15, -0.1) is 0 Å². The van der Waals surface area contributed by atoms with Crippen LogP contribution < -0.4 is 5.73 Å². The molecule has 1 rings (SSSR count). The van der Waals surface area contributed by atoms with E-state index in [1.54, 1.807) is 0 Å². The van der Waals surface area contributed by atoms with Gasteiger partial charge in [0.25, 0.3) is 0 Å². The standard InChI is InChI=1S/C8H13NO/c1-6-2-7(5-10)4-8(9)3-6/h2,4,6,10H,3,5,9H2,1H3. The summed E-state index contributed by atoms with van der Waals surface area (Å²) in [6.45, 7) is 2.19. The van der Waals surface area contributed by atoms with Crippen molar-refractivity contribution in [3.63, 3.8) is 0 Å². The molecule has 0 aromatic carbocycles. The predicted octanol–water partition coefficient (Wildman–Crippen LogP) is 0.788. The van der Waals surface area contributed by atoms with Crippen LogP contribution in [0.1, 0.15) is 13.3 Å². The van der Waals surface area contributed by atoms with Crippen LogP contribution in [-0.2, 0) is 0 Å². The molecule has 0 heterocycles. The van der Waals surface area contributed by atoms with E-state index in [9.17, 15) is 0 Å². The number of hydrogen-bond acceptors (Lipinski definition) is 2. The largest absolute Gasteiger partial charge is 0.402 e. The van der Waals surface area contributed by atoms with Crippen molar-refractivity contribution in [1.29, 1.82) is 0 Å². The normalized spacial score (nSPS) is 25.6. The minimum Gasteiger partial charge on any atom is -0.402 e. The summed E-state index contributed by atoms with van der Waals surface area (Å²) in [5.41, 5.74) is 7.42. The second kappa shape index (κ2) is 2.88. The number of aliphatic hydroxyl groups is 1. The first-order chi connectivity index (χ1) is 4.72. The van der Waals surface area contributed by atoms with Crippen molar-refractivity contribution >= 4 is 0 Å². The molecule has 0 fully saturated rings. The van der Waals surface area contributed by atoms with E-state index < -0.39 is 0 Å². The quantitative estimate of drug-likeness (QED) is 0.564. The fraction of sp³-hybridized carbons (Fsp3) is 0.500. The summed E-state index contributed by atoms with van der Waals surface area (Å²) in [4.78, 5) is 0. The van der Waals surface area contributed by atoms with Crippen LogP contribution >= 0.6 is 0 Å². The van der Waals surface area contributed by atoms with Gasteiger partial charge in [0.1, 0.15) is 0 Å². The van der Waals surface area contributed by atoms with Crippen molar-refractivity contribution in [2.75, 3.05) is 6.61 Å². The summed E-state index contributed by atoms with van der Waals surface area (Å²) in [5.74, 6) is 0.479. The molecule has 0 saturated heterocycles. The molecule has 0 aromatic rings. The number of rotatable bonds is 1. The number of hydrogen-bond donors (Lipinski definition) is 2. The summed E-state index contributed by atoms with van der Waals surface area (Å²) < 4.78 is 0. The lowest BCUT2D eigenvalue weighted by Crippen LogP contribution is -2.09. The fourth-order valence-electron chi connectivity index (χ4n) is 1.24. The van der Waals surface area contributed by atoms with Crippen molar-refractivity contribution in [1.82, 2.24) is 0 Å². The third-order valence-electron chi connectivity index (χ3n) is 1.61. The zero-order valence-electron chi connectivity index (χ0n) is 6.17. The summed E-state index contributed by atoms with van der Waals surface area (Å²) in [6.07, 6.45) is 4.82. The van der Waals surface area contributed by atoms with Gasteiger partial charge in [0, 0.05) is 5.70 Å². The van der Waals surface area contributed by atoms with Crippen LogP contribution in [0.25, 0.3) is 0 Å². The highest BCUT2D eigenvalue weighted by Crippen LogP contribution is 2.18. The Morgan fingerprint density at radius 2 is 2.50 bits per heavy atom. The Balaban J connectivity index is 2.72. The molecule has 0 aromatic heterocycles. The molecule has 3 N–H and O–H groups in total. The van der Waals surface area contributed by atoms with Gasteiger partial charge in [0.2, 0.25) is 0 Å². The Kier molecular flexibility index (Phi) is 2.12. The zero-order valence-corrected chi connectivity index (χ0v) is 6.17. The molecule has 2 nitrogen and oxygen atoms in total. The van der Waals surface area contributed by atoms with Crippen molar-refractivity contribution in [3.05, 3.63) is 23.4 Å². The molecule has 10 heavy (non-hydrogen) atoms. The van der Waals surface area contributed by atoms with Crippen molar-refractivity contribution in [2.45, 2.75) is 13.3 Å². The van der Waals surface area contributed by atoms with Crippen LogP contribution in [0.5, 0.6) is 0 Å². The smallest absolute Gasteiger partial charge is 0.0679 e. The van der Waals surface area contributed by atoms with E-state index in [4.69, 9.17) is 10.8 Å². The van der Waals surface area contributed by atoms with Gasteiger partial charge in [-0.05, 0) is 24.0 Å². The maximum Gasteiger partial charge on any atom is 0.0679 e. The first-order valence-corrected chi connectivity index (χ1v) is 3.50. The van der Waals surface area contributed by atoms with Gasteiger partial charge in [-0.2, -0.15) is 0 Å². The molecule has 1 unspecified atom stereocenters. The Morgan fingerprint density at radius 1 is 1.80 bits per heavy atom. The van der Waals surface area contributed by atoms with Crippen molar-refractivity contribution in [2.24, 2.45) is 11.7 Å². The Bertz CT molecular complexity index is 182. The molecule has 0 radical (unpaired) electrons. The van der Waals surface area contributed by atoms with E-state index >= 15 is 0 Å². The lowest BCUT2D eigenvalue weighted by atomic mass is 9.96. The lowest BCUT2D eigenvalue weighted by molar-refractivity contribution is 0.332. The SMILES string of the molecule is CC1C=C(CO)C=C(N)C1. The summed E-state index contributed by atoms with van der Waals surface area (Å²) in [7, 11) is 0. The Hall–Kier alpha value is -0.760. The Morgan fingerprint density at radius 3 is 3.00 bits per heavy atom. The average molecular weight is 139 g/mol. The highest BCUT2D eigenvalue weighted by atomic mass is 16.3. The minimum absolute atomic E-state index is 0.102. The monoisotopic (exact) mass is 139 g/mol. The second-order valence-electron chi connectivity index (χ2n) is 2.80. The van der Waals surface area contributed by atoms with E-state index in [0.29, 0.717) is 5.92 Å². The minimum atomic E-state index is 0.102. The summed E-state index contributed by atoms with van der Waals surface area (Å²) in [6, 6.07) is 0. The maximum absolute atomic E-state index is 8.76. The van der Waals surface area contributed by atoms with Crippen molar-refractivity contribution < 1.29 is 5.11 Å². The molecule has 56 valence electrons. The molecule has 0 amide bonds. The molecule has 0 bridgehead atoms. The topological polar surface area (TPSA) is 46.2 Å². The molecule has 0 aliphatic heterocycles.